The molecule has 0 spiro atoms. The summed E-state index contributed by atoms with van der Waals surface area (Å²) in [5.74, 6) is -0.550. The fraction of sp³-hybridized carbons (Fsp3) is 0.556. The van der Waals surface area contributed by atoms with Gasteiger partial charge in [-0.05, 0) is 50.9 Å². The summed E-state index contributed by atoms with van der Waals surface area (Å²) in [5, 5.41) is 19.3. The maximum atomic E-state index is 12.2. The molecule has 148 valence electrons. The Balaban J connectivity index is 2.21. The van der Waals surface area contributed by atoms with Gasteiger partial charge in [-0.2, -0.15) is 0 Å². The van der Waals surface area contributed by atoms with Gasteiger partial charge in [-0.1, -0.05) is 0 Å². The van der Waals surface area contributed by atoms with E-state index in [2.05, 4.69) is 0 Å². The summed E-state index contributed by atoms with van der Waals surface area (Å²) < 4.78 is 10.2. The first-order valence-electron chi connectivity index (χ1n) is 8.85. The van der Waals surface area contributed by atoms with Crippen LogP contribution in [-0.2, 0) is 9.47 Å². The second kappa shape index (κ2) is 8.18. The first kappa shape index (κ1) is 21.0. The van der Waals surface area contributed by atoms with Gasteiger partial charge in [0.25, 0.3) is 0 Å². The minimum absolute atomic E-state index is 0.246. The molecule has 0 unspecified atom stereocenters. The number of carbonyl (C=O) groups excluding carboxylic acids is 2. The minimum Gasteiger partial charge on any atom is -0.465 e. The monoisotopic (exact) mass is 378 g/mol. The third-order valence-electron chi connectivity index (χ3n) is 4.39. The number of rotatable bonds is 3. The molecule has 0 saturated carbocycles. The number of esters is 1. The van der Waals surface area contributed by atoms with Gasteiger partial charge in [0.05, 0.1) is 12.7 Å². The van der Waals surface area contributed by atoms with Gasteiger partial charge >= 0.3 is 19.2 Å². The molecule has 0 radical (unpaired) electrons. The number of ether oxygens (including phenoxy) is 2. The molecule has 0 aromatic heterocycles. The number of anilines is 1. The molecule has 1 aliphatic rings. The first-order chi connectivity index (χ1) is 12.5. The van der Waals surface area contributed by atoms with Crippen molar-refractivity contribution < 1.29 is 29.1 Å². The van der Waals surface area contributed by atoms with Crippen molar-refractivity contribution in [3.63, 3.8) is 0 Å². The average molecular weight is 378 g/mol. The normalized spacial score (nSPS) is 14.8. The number of hydrogen-bond acceptors (Lipinski definition) is 7. The van der Waals surface area contributed by atoms with E-state index in [1.807, 2.05) is 25.7 Å². The second-order valence-corrected chi connectivity index (χ2v) is 7.53. The maximum Gasteiger partial charge on any atom is 0.488 e. The molecule has 1 aromatic rings. The van der Waals surface area contributed by atoms with Crippen LogP contribution >= 0.6 is 0 Å². The van der Waals surface area contributed by atoms with E-state index in [0.29, 0.717) is 37.4 Å². The van der Waals surface area contributed by atoms with Gasteiger partial charge in [0, 0.05) is 31.9 Å². The Morgan fingerprint density at radius 3 is 2.19 bits per heavy atom. The van der Waals surface area contributed by atoms with E-state index in [4.69, 9.17) is 9.47 Å². The van der Waals surface area contributed by atoms with Crippen molar-refractivity contribution in [2.75, 3.05) is 38.2 Å². The van der Waals surface area contributed by atoms with E-state index in [1.54, 1.807) is 17.9 Å². The molecule has 27 heavy (non-hydrogen) atoms. The summed E-state index contributed by atoms with van der Waals surface area (Å²) >= 11 is 0. The van der Waals surface area contributed by atoms with Crippen LogP contribution in [0.15, 0.2) is 12.1 Å². The smallest absolute Gasteiger partial charge is 0.465 e. The standard InChI is InChI=1S/C18H27BN2O6/c1-12-14(19(24)25)10-13(16(22)26-5)11-15(12)20-6-8-21(9-7-20)17(23)27-18(2,3)4/h10-11,24-25H,6-9H2,1-5H3. The highest BCUT2D eigenvalue weighted by molar-refractivity contribution is 6.59. The molecule has 9 heteroatoms. The second-order valence-electron chi connectivity index (χ2n) is 7.53. The molecule has 1 heterocycles. The Bertz CT molecular complexity index is 709. The van der Waals surface area contributed by atoms with Crippen LogP contribution in [0, 0.1) is 6.92 Å². The van der Waals surface area contributed by atoms with Gasteiger partial charge in [0.2, 0.25) is 0 Å². The molecule has 2 rings (SSSR count). The van der Waals surface area contributed by atoms with Crippen molar-refractivity contribution in [3.8, 4) is 0 Å². The van der Waals surface area contributed by atoms with Crippen LogP contribution in [0.1, 0.15) is 36.7 Å². The average Bonchev–Trinajstić information content (AvgIpc) is 2.59. The van der Waals surface area contributed by atoms with Crippen LogP contribution in [0.25, 0.3) is 0 Å². The zero-order valence-electron chi connectivity index (χ0n) is 16.5. The Hall–Kier alpha value is -2.26. The molecular formula is C18H27BN2O6. The van der Waals surface area contributed by atoms with Crippen molar-refractivity contribution in [3.05, 3.63) is 23.3 Å². The zero-order valence-corrected chi connectivity index (χ0v) is 16.5. The minimum atomic E-state index is -1.70. The van der Waals surface area contributed by atoms with Crippen LogP contribution in [0.5, 0.6) is 0 Å². The predicted molar refractivity (Wildman–Crippen MR) is 102 cm³/mol. The number of nitrogens with zero attached hydrogens (tertiary/aromatic N) is 2. The number of amides is 1. The van der Waals surface area contributed by atoms with Crippen LogP contribution in [-0.4, -0.2) is 73.0 Å². The van der Waals surface area contributed by atoms with E-state index in [1.165, 1.54) is 13.2 Å². The highest BCUT2D eigenvalue weighted by Crippen LogP contribution is 2.23. The van der Waals surface area contributed by atoms with Crippen molar-refractivity contribution in [2.24, 2.45) is 0 Å². The topological polar surface area (TPSA) is 99.5 Å². The summed E-state index contributed by atoms with van der Waals surface area (Å²) in [4.78, 5) is 27.8. The number of carbonyl (C=O) groups is 2. The molecule has 1 aromatic carbocycles. The highest BCUT2D eigenvalue weighted by Gasteiger charge is 2.28. The third-order valence-corrected chi connectivity index (χ3v) is 4.39. The highest BCUT2D eigenvalue weighted by atomic mass is 16.6. The number of piperazine rings is 1. The molecule has 8 nitrogen and oxygen atoms in total. The molecule has 0 atom stereocenters. The lowest BCUT2D eigenvalue weighted by Gasteiger charge is -2.37. The number of benzene rings is 1. The largest absolute Gasteiger partial charge is 0.488 e. The fourth-order valence-corrected chi connectivity index (χ4v) is 3.01. The van der Waals surface area contributed by atoms with Crippen molar-refractivity contribution in [1.82, 2.24) is 4.90 Å². The molecule has 1 saturated heterocycles. The maximum absolute atomic E-state index is 12.2. The van der Waals surface area contributed by atoms with Crippen molar-refractivity contribution in [2.45, 2.75) is 33.3 Å². The van der Waals surface area contributed by atoms with Crippen LogP contribution in [0.4, 0.5) is 10.5 Å². The Morgan fingerprint density at radius 2 is 1.70 bits per heavy atom. The van der Waals surface area contributed by atoms with Gasteiger partial charge in [0.1, 0.15) is 5.60 Å². The van der Waals surface area contributed by atoms with Gasteiger partial charge in [-0.15, -0.1) is 0 Å². The van der Waals surface area contributed by atoms with E-state index < -0.39 is 18.7 Å². The van der Waals surface area contributed by atoms with Gasteiger partial charge in [-0.25, -0.2) is 9.59 Å². The molecule has 1 aliphatic heterocycles. The molecule has 0 aliphatic carbocycles. The third kappa shape index (κ3) is 5.14. The Kier molecular flexibility index (Phi) is 6.38. The number of methoxy groups -OCH3 is 1. The van der Waals surface area contributed by atoms with E-state index >= 15 is 0 Å². The fourth-order valence-electron chi connectivity index (χ4n) is 3.01. The Labute approximate surface area is 159 Å². The molecule has 2 N–H and O–H groups in total. The summed E-state index contributed by atoms with van der Waals surface area (Å²) in [7, 11) is -0.423. The molecule has 0 bridgehead atoms. The first-order valence-corrected chi connectivity index (χ1v) is 8.85. The quantitative estimate of drug-likeness (QED) is 0.584. The number of hydrogen-bond donors (Lipinski definition) is 2. The lowest BCUT2D eigenvalue weighted by atomic mass is 9.75. The summed E-state index contributed by atoms with van der Waals surface area (Å²) in [5.41, 5.74) is 1.33. The predicted octanol–water partition coefficient (Wildman–Crippen LogP) is 0.519. The summed E-state index contributed by atoms with van der Waals surface area (Å²) in [6, 6.07) is 3.10. The van der Waals surface area contributed by atoms with Crippen LogP contribution in [0.2, 0.25) is 0 Å². The van der Waals surface area contributed by atoms with Crippen LogP contribution in [0.3, 0.4) is 0 Å². The van der Waals surface area contributed by atoms with Gasteiger partial charge in [0.15, 0.2) is 0 Å². The zero-order chi connectivity index (χ0) is 20.4. The van der Waals surface area contributed by atoms with Crippen molar-refractivity contribution in [1.29, 1.82) is 0 Å². The summed E-state index contributed by atoms with van der Waals surface area (Å²) in [6.45, 7) is 9.24. The SMILES string of the molecule is COC(=O)c1cc(B(O)O)c(C)c(N2CCN(C(=O)OC(C)(C)C)CC2)c1. The van der Waals surface area contributed by atoms with Gasteiger partial charge in [-0.3, -0.25) is 0 Å². The lowest BCUT2D eigenvalue weighted by molar-refractivity contribution is 0.0240. The molecular weight excluding hydrogens is 351 g/mol. The molecule has 1 amide bonds. The van der Waals surface area contributed by atoms with Crippen molar-refractivity contribution >= 4 is 30.3 Å². The van der Waals surface area contributed by atoms with E-state index in [0.717, 1.165) is 0 Å². The Morgan fingerprint density at radius 1 is 1.11 bits per heavy atom. The molecule has 1 fully saturated rings. The van der Waals surface area contributed by atoms with E-state index in [9.17, 15) is 19.6 Å². The summed E-state index contributed by atoms with van der Waals surface area (Å²) in [6.07, 6.45) is -0.353. The van der Waals surface area contributed by atoms with E-state index in [-0.39, 0.29) is 17.1 Å². The lowest BCUT2D eigenvalue weighted by Crippen LogP contribution is -2.50. The van der Waals surface area contributed by atoms with Crippen LogP contribution < -0.4 is 10.4 Å². The van der Waals surface area contributed by atoms with Gasteiger partial charge < -0.3 is 29.3 Å².